The SMILES string of the molecule is COC(=O)N(C)[C@H](C(=O)N1C[C@@H](C)C[C@H]1c1nc2ccc(-c3ccc(-c4ccc5nc([C@@H]6C[C@H](C)CN6C(=O)[C@H](C(C)C)N(C)C(=O)OC)n(C)c5c4)cc3)cc2[nH]1)C(C)C. The van der Waals surface area contributed by atoms with Gasteiger partial charge in [-0.1, -0.05) is 77.9 Å². The molecule has 4 amide bonds. The van der Waals surface area contributed by atoms with Crippen molar-refractivity contribution in [3.8, 4) is 22.3 Å². The standard InChI is InChI=1S/C47H60N8O6/c1-26(2)40(52(8)46(58)60-10)44(56)54-24-28(5)20-38(54)42-48-34-18-16-32(22-36(34)49-42)30-12-14-31(15-13-30)33-17-19-35-37(23-33)51(7)43(50-35)39-21-29(6)25-55(39)45(57)41(27(3)4)53(9)47(59)61-11/h12-19,22-23,26-29,38-41H,20-21,24-25H2,1-11H3,(H,48,49)/t28-,29-,38-,39-,40-,41-/m0/s1. The van der Waals surface area contributed by atoms with Gasteiger partial charge >= 0.3 is 12.2 Å². The number of likely N-dealkylation sites (tertiary alicyclic amines) is 2. The minimum Gasteiger partial charge on any atom is -0.453 e. The molecule has 0 radical (unpaired) electrons. The van der Waals surface area contributed by atoms with Crippen molar-refractivity contribution < 1.29 is 28.7 Å². The lowest BCUT2D eigenvalue weighted by Crippen LogP contribution is -2.52. The summed E-state index contributed by atoms with van der Waals surface area (Å²) in [6.45, 7) is 13.2. The number of hydrogen-bond donors (Lipinski definition) is 1. The number of carbonyl (C=O) groups excluding carboxylic acids is 4. The van der Waals surface area contributed by atoms with Gasteiger partial charge in [-0.2, -0.15) is 0 Å². The van der Waals surface area contributed by atoms with Gasteiger partial charge in [-0.05, 0) is 83.0 Å². The molecule has 5 aromatic rings. The first kappa shape index (κ1) is 43.2. The zero-order valence-electron chi connectivity index (χ0n) is 37.3. The predicted molar refractivity (Wildman–Crippen MR) is 235 cm³/mol. The van der Waals surface area contributed by atoms with Gasteiger partial charge in [0.15, 0.2) is 0 Å². The molecule has 14 nitrogen and oxygen atoms in total. The summed E-state index contributed by atoms with van der Waals surface area (Å²) in [5, 5.41) is 0. The summed E-state index contributed by atoms with van der Waals surface area (Å²) < 4.78 is 12.0. The Labute approximate surface area is 358 Å². The molecule has 14 heteroatoms. The first-order valence-corrected chi connectivity index (χ1v) is 21.3. The highest BCUT2D eigenvalue weighted by atomic mass is 16.5. The van der Waals surface area contributed by atoms with Crippen LogP contribution in [0.2, 0.25) is 0 Å². The van der Waals surface area contributed by atoms with Gasteiger partial charge in [-0.25, -0.2) is 19.6 Å². The van der Waals surface area contributed by atoms with Crippen LogP contribution in [0.4, 0.5) is 9.59 Å². The number of carbonyl (C=O) groups is 4. The van der Waals surface area contributed by atoms with E-state index >= 15 is 0 Å². The third-order valence-electron chi connectivity index (χ3n) is 12.7. The second-order valence-corrected chi connectivity index (χ2v) is 17.9. The number of benzene rings is 3. The summed E-state index contributed by atoms with van der Waals surface area (Å²) in [6.07, 6.45) is 0.477. The molecule has 0 saturated carbocycles. The largest absolute Gasteiger partial charge is 0.453 e. The maximum absolute atomic E-state index is 14.1. The second kappa shape index (κ2) is 17.2. The molecule has 3 aromatic carbocycles. The predicted octanol–water partition coefficient (Wildman–Crippen LogP) is 8.05. The first-order valence-electron chi connectivity index (χ1n) is 21.3. The van der Waals surface area contributed by atoms with E-state index in [2.05, 4.69) is 71.9 Å². The smallest absolute Gasteiger partial charge is 0.409 e. The molecule has 324 valence electrons. The molecular formula is C47H60N8O6. The van der Waals surface area contributed by atoms with E-state index in [-0.39, 0.29) is 47.6 Å². The number of ether oxygens (including phenoxy) is 2. The fourth-order valence-electron chi connectivity index (χ4n) is 9.64. The minimum absolute atomic E-state index is 0.0964. The number of aryl methyl sites for hydroxylation is 1. The Balaban J connectivity index is 1.11. The molecule has 2 fully saturated rings. The van der Waals surface area contributed by atoms with Gasteiger partial charge in [0.25, 0.3) is 0 Å². The van der Waals surface area contributed by atoms with E-state index in [0.29, 0.717) is 13.1 Å². The van der Waals surface area contributed by atoms with E-state index in [1.165, 1.54) is 24.0 Å². The zero-order valence-corrected chi connectivity index (χ0v) is 37.3. The van der Waals surface area contributed by atoms with E-state index < -0.39 is 24.3 Å². The highest BCUT2D eigenvalue weighted by Crippen LogP contribution is 2.39. The number of imidazole rings is 2. The average molecular weight is 833 g/mol. The number of amides is 4. The number of likely N-dealkylation sites (N-methyl/N-ethyl adjacent to an activating group) is 2. The van der Waals surface area contributed by atoms with E-state index in [1.54, 1.807) is 14.1 Å². The lowest BCUT2D eigenvalue weighted by molar-refractivity contribution is -0.139. The molecule has 2 aromatic heterocycles. The number of nitrogens with one attached hydrogen (secondary N) is 1. The third-order valence-corrected chi connectivity index (χ3v) is 12.7. The summed E-state index contributed by atoms with van der Waals surface area (Å²) in [7, 11) is 7.90. The third kappa shape index (κ3) is 8.16. The van der Waals surface area contributed by atoms with Crippen molar-refractivity contribution in [1.29, 1.82) is 0 Å². The fourth-order valence-corrected chi connectivity index (χ4v) is 9.64. The van der Waals surface area contributed by atoms with Gasteiger partial charge in [-0.15, -0.1) is 0 Å². The van der Waals surface area contributed by atoms with Crippen molar-refractivity contribution in [3.05, 3.63) is 72.3 Å². The maximum Gasteiger partial charge on any atom is 0.409 e. The summed E-state index contributed by atoms with van der Waals surface area (Å²) in [4.78, 5) is 73.2. The number of fused-ring (bicyclic) bond motifs is 2. The van der Waals surface area contributed by atoms with Crippen molar-refractivity contribution in [1.82, 2.24) is 39.1 Å². The Kier molecular flexibility index (Phi) is 12.2. The number of rotatable bonds is 10. The molecule has 4 heterocycles. The number of H-pyrrole nitrogens is 1. The minimum atomic E-state index is -0.654. The van der Waals surface area contributed by atoms with Crippen LogP contribution in [0.25, 0.3) is 44.3 Å². The van der Waals surface area contributed by atoms with Crippen LogP contribution >= 0.6 is 0 Å². The Morgan fingerprint density at radius 2 is 1.13 bits per heavy atom. The van der Waals surface area contributed by atoms with Crippen molar-refractivity contribution >= 4 is 46.1 Å². The normalized spacial score (nSPS) is 20.1. The average Bonchev–Trinajstić information content (AvgIpc) is 4.03. The summed E-state index contributed by atoms with van der Waals surface area (Å²) >= 11 is 0. The number of hydrogen-bond acceptors (Lipinski definition) is 8. The lowest BCUT2D eigenvalue weighted by atomic mass is 10.00. The molecule has 0 spiro atoms. The van der Waals surface area contributed by atoms with Gasteiger partial charge < -0.3 is 28.8 Å². The molecule has 1 N–H and O–H groups in total. The van der Waals surface area contributed by atoms with Crippen LogP contribution in [0, 0.1) is 23.7 Å². The molecule has 6 atom stereocenters. The van der Waals surface area contributed by atoms with Gasteiger partial charge in [-0.3, -0.25) is 19.4 Å². The van der Waals surface area contributed by atoms with Crippen molar-refractivity contribution in [2.24, 2.45) is 30.7 Å². The molecule has 0 unspecified atom stereocenters. The zero-order chi connectivity index (χ0) is 44.0. The van der Waals surface area contributed by atoms with E-state index in [1.807, 2.05) is 56.7 Å². The molecule has 0 aliphatic carbocycles. The summed E-state index contributed by atoms with van der Waals surface area (Å²) in [5.41, 5.74) is 7.76. The number of aromatic amines is 1. The van der Waals surface area contributed by atoms with Crippen molar-refractivity contribution in [2.75, 3.05) is 41.4 Å². The van der Waals surface area contributed by atoms with Crippen LogP contribution < -0.4 is 0 Å². The van der Waals surface area contributed by atoms with E-state index in [4.69, 9.17) is 19.4 Å². The van der Waals surface area contributed by atoms with Crippen LogP contribution in [0.3, 0.4) is 0 Å². The Hall–Kier alpha value is -5.92. The monoisotopic (exact) mass is 832 g/mol. The quantitative estimate of drug-likeness (QED) is 0.149. The summed E-state index contributed by atoms with van der Waals surface area (Å²) in [6, 6.07) is 19.2. The number of methoxy groups -OCH3 is 2. The molecule has 61 heavy (non-hydrogen) atoms. The van der Waals surface area contributed by atoms with Crippen LogP contribution in [0.1, 0.15) is 78.1 Å². The highest BCUT2D eigenvalue weighted by Gasteiger charge is 2.44. The van der Waals surface area contributed by atoms with E-state index in [0.717, 1.165) is 68.8 Å². The van der Waals surface area contributed by atoms with Gasteiger partial charge in [0, 0.05) is 34.2 Å². The molecule has 2 saturated heterocycles. The number of aromatic nitrogens is 4. The van der Waals surface area contributed by atoms with Gasteiger partial charge in [0.05, 0.1) is 48.4 Å². The van der Waals surface area contributed by atoms with Crippen LogP contribution in [0.15, 0.2) is 60.7 Å². The molecule has 7 rings (SSSR count). The molecule has 2 aliphatic rings. The van der Waals surface area contributed by atoms with Crippen LogP contribution in [-0.4, -0.2) is 117 Å². The van der Waals surface area contributed by atoms with Crippen LogP contribution in [-0.2, 0) is 26.1 Å². The highest BCUT2D eigenvalue weighted by molar-refractivity contribution is 5.89. The second-order valence-electron chi connectivity index (χ2n) is 17.9. The number of nitrogens with zero attached hydrogens (tertiary/aromatic N) is 7. The summed E-state index contributed by atoms with van der Waals surface area (Å²) in [5.74, 6) is 1.71. The lowest BCUT2D eigenvalue weighted by Gasteiger charge is -2.34. The Morgan fingerprint density at radius 1 is 0.672 bits per heavy atom. The maximum atomic E-state index is 14.1. The first-order chi connectivity index (χ1) is 29.0. The van der Waals surface area contributed by atoms with Gasteiger partial charge in [0.2, 0.25) is 11.8 Å². The molecule has 0 bridgehead atoms. The van der Waals surface area contributed by atoms with Gasteiger partial charge in [0.1, 0.15) is 23.7 Å². The van der Waals surface area contributed by atoms with Crippen molar-refractivity contribution in [2.45, 2.75) is 78.6 Å². The fraction of sp³-hybridized carbons (Fsp3) is 0.489. The molecule has 2 aliphatic heterocycles. The molecular weight excluding hydrogens is 773 g/mol. The van der Waals surface area contributed by atoms with Crippen molar-refractivity contribution in [3.63, 3.8) is 0 Å². The van der Waals surface area contributed by atoms with E-state index in [9.17, 15) is 19.2 Å². The topological polar surface area (TPSA) is 146 Å². The van der Waals surface area contributed by atoms with Crippen LogP contribution in [0.5, 0.6) is 0 Å². The Morgan fingerprint density at radius 3 is 1.64 bits per heavy atom. The Bertz CT molecular complexity index is 2440.